The van der Waals surface area contributed by atoms with E-state index < -0.39 is 17.8 Å². The summed E-state index contributed by atoms with van der Waals surface area (Å²) in [6, 6.07) is 24.2. The number of carbonyl (C=O) groups excluding carboxylic acids is 3. The summed E-state index contributed by atoms with van der Waals surface area (Å²) in [6.45, 7) is 1.55. The zero-order chi connectivity index (χ0) is 22.5. The van der Waals surface area contributed by atoms with E-state index >= 15 is 0 Å². The molecular formula is C25H21N3O3S. The van der Waals surface area contributed by atoms with Crippen LogP contribution in [-0.2, 0) is 9.59 Å². The highest BCUT2D eigenvalue weighted by Gasteiger charge is 2.35. The third-order valence-corrected chi connectivity index (χ3v) is 5.86. The smallest absolute Gasteiger partial charge is 0.325 e. The standard InChI is InChI=1S/C25H21N3O3S/c1-17-8-7-10-19(14-17)26-23(29)16-28-24(30)21(27-25(28)31)15-18-9-5-6-13-22(18)32-20-11-3-2-4-12-20/h2-15H,16H2,1H3,(H,26,29)(H,27,31)/b21-15-. The van der Waals surface area contributed by atoms with E-state index in [1.807, 2.05) is 79.7 Å². The van der Waals surface area contributed by atoms with Crippen LogP contribution in [0.15, 0.2) is 94.4 Å². The lowest BCUT2D eigenvalue weighted by Gasteiger charge is -2.12. The number of hydrogen-bond acceptors (Lipinski definition) is 4. The number of rotatable bonds is 6. The molecule has 0 aliphatic carbocycles. The van der Waals surface area contributed by atoms with E-state index in [0.717, 1.165) is 25.8 Å². The van der Waals surface area contributed by atoms with Gasteiger partial charge in [0.15, 0.2) is 0 Å². The quantitative estimate of drug-likeness (QED) is 0.428. The lowest BCUT2D eigenvalue weighted by atomic mass is 10.2. The fourth-order valence-corrected chi connectivity index (χ4v) is 4.18. The van der Waals surface area contributed by atoms with E-state index in [4.69, 9.17) is 0 Å². The van der Waals surface area contributed by atoms with Gasteiger partial charge >= 0.3 is 6.03 Å². The van der Waals surface area contributed by atoms with Gasteiger partial charge in [-0.3, -0.25) is 9.59 Å². The molecule has 1 fully saturated rings. The average Bonchev–Trinajstić information content (AvgIpc) is 3.03. The maximum atomic E-state index is 12.8. The summed E-state index contributed by atoms with van der Waals surface area (Å²) in [6.07, 6.45) is 1.64. The van der Waals surface area contributed by atoms with E-state index in [-0.39, 0.29) is 12.2 Å². The van der Waals surface area contributed by atoms with Crippen LogP contribution in [0.4, 0.5) is 10.5 Å². The summed E-state index contributed by atoms with van der Waals surface area (Å²) in [5, 5.41) is 5.30. The number of nitrogens with zero attached hydrogens (tertiary/aromatic N) is 1. The van der Waals surface area contributed by atoms with Crippen molar-refractivity contribution in [1.82, 2.24) is 10.2 Å². The topological polar surface area (TPSA) is 78.5 Å². The highest BCUT2D eigenvalue weighted by atomic mass is 32.2. The molecule has 1 heterocycles. The predicted octanol–water partition coefficient (Wildman–Crippen LogP) is 4.68. The third kappa shape index (κ3) is 5.07. The molecule has 0 saturated carbocycles. The Bertz CT molecular complexity index is 1210. The van der Waals surface area contributed by atoms with Gasteiger partial charge in [-0.2, -0.15) is 0 Å². The Balaban J connectivity index is 1.49. The van der Waals surface area contributed by atoms with E-state index in [1.165, 1.54) is 0 Å². The van der Waals surface area contributed by atoms with Crippen molar-refractivity contribution in [2.45, 2.75) is 16.7 Å². The van der Waals surface area contributed by atoms with Crippen LogP contribution in [0.25, 0.3) is 6.08 Å². The number of amides is 4. The first kappa shape index (κ1) is 21.4. The summed E-state index contributed by atoms with van der Waals surface area (Å²) in [5.41, 5.74) is 2.55. The number of benzene rings is 3. The fourth-order valence-electron chi connectivity index (χ4n) is 3.25. The van der Waals surface area contributed by atoms with Crippen LogP contribution in [0.3, 0.4) is 0 Å². The van der Waals surface area contributed by atoms with Gasteiger partial charge in [-0.1, -0.05) is 60.3 Å². The Kier molecular flexibility index (Phi) is 6.37. The van der Waals surface area contributed by atoms with Gasteiger partial charge in [0.1, 0.15) is 12.2 Å². The van der Waals surface area contributed by atoms with Crippen molar-refractivity contribution >= 4 is 41.4 Å². The number of aryl methyl sites for hydroxylation is 1. The van der Waals surface area contributed by atoms with Crippen LogP contribution in [0.5, 0.6) is 0 Å². The molecule has 0 bridgehead atoms. The molecule has 7 heteroatoms. The van der Waals surface area contributed by atoms with Gasteiger partial charge in [0.25, 0.3) is 5.91 Å². The molecule has 0 unspecified atom stereocenters. The Labute approximate surface area is 190 Å². The highest BCUT2D eigenvalue weighted by molar-refractivity contribution is 7.99. The van der Waals surface area contributed by atoms with Crippen LogP contribution in [0.1, 0.15) is 11.1 Å². The van der Waals surface area contributed by atoms with E-state index in [9.17, 15) is 14.4 Å². The van der Waals surface area contributed by atoms with Gasteiger partial charge in [0, 0.05) is 15.5 Å². The van der Waals surface area contributed by atoms with Gasteiger partial charge in [0.2, 0.25) is 5.91 Å². The summed E-state index contributed by atoms with van der Waals surface area (Å²) in [7, 11) is 0. The minimum absolute atomic E-state index is 0.138. The molecule has 1 saturated heterocycles. The van der Waals surface area contributed by atoms with Crippen molar-refractivity contribution in [3.05, 3.63) is 95.7 Å². The maximum absolute atomic E-state index is 12.8. The summed E-state index contributed by atoms with van der Waals surface area (Å²) >= 11 is 1.57. The molecule has 0 spiro atoms. The summed E-state index contributed by atoms with van der Waals surface area (Å²) < 4.78 is 0. The number of nitrogens with one attached hydrogen (secondary N) is 2. The molecule has 0 atom stereocenters. The molecule has 0 radical (unpaired) electrons. The molecule has 4 rings (SSSR count). The largest absolute Gasteiger partial charge is 0.329 e. The molecule has 0 aromatic heterocycles. The molecule has 32 heavy (non-hydrogen) atoms. The Morgan fingerprint density at radius 1 is 1.00 bits per heavy atom. The van der Waals surface area contributed by atoms with Gasteiger partial charge < -0.3 is 10.6 Å². The van der Waals surface area contributed by atoms with Gasteiger partial charge in [0.05, 0.1) is 0 Å². The molecule has 1 aliphatic rings. The second kappa shape index (κ2) is 9.53. The average molecular weight is 444 g/mol. The zero-order valence-electron chi connectivity index (χ0n) is 17.4. The summed E-state index contributed by atoms with van der Waals surface area (Å²) in [4.78, 5) is 40.5. The Hall–Kier alpha value is -3.84. The normalized spacial score (nSPS) is 14.5. The number of anilines is 1. The van der Waals surface area contributed by atoms with Crippen LogP contribution in [0.2, 0.25) is 0 Å². The minimum atomic E-state index is -0.617. The summed E-state index contributed by atoms with van der Waals surface area (Å²) in [5.74, 6) is -0.978. The fraction of sp³-hybridized carbons (Fsp3) is 0.0800. The minimum Gasteiger partial charge on any atom is -0.325 e. The van der Waals surface area contributed by atoms with Crippen LogP contribution < -0.4 is 10.6 Å². The van der Waals surface area contributed by atoms with Crippen LogP contribution >= 0.6 is 11.8 Å². The predicted molar refractivity (Wildman–Crippen MR) is 125 cm³/mol. The van der Waals surface area contributed by atoms with E-state index in [0.29, 0.717) is 5.69 Å². The first-order chi connectivity index (χ1) is 15.5. The molecule has 2 N–H and O–H groups in total. The monoisotopic (exact) mass is 443 g/mol. The lowest BCUT2D eigenvalue weighted by molar-refractivity contribution is -0.127. The molecule has 3 aromatic carbocycles. The Morgan fingerprint density at radius 3 is 2.53 bits per heavy atom. The van der Waals surface area contributed by atoms with Crippen molar-refractivity contribution in [3.8, 4) is 0 Å². The maximum Gasteiger partial charge on any atom is 0.329 e. The zero-order valence-corrected chi connectivity index (χ0v) is 18.2. The third-order valence-electron chi connectivity index (χ3n) is 4.76. The van der Waals surface area contributed by atoms with Crippen molar-refractivity contribution in [2.24, 2.45) is 0 Å². The molecule has 6 nitrogen and oxygen atoms in total. The number of carbonyl (C=O) groups is 3. The second-order valence-corrected chi connectivity index (χ2v) is 8.37. The SMILES string of the molecule is Cc1cccc(NC(=O)CN2C(=O)N/C(=C\c3ccccc3Sc3ccccc3)C2=O)c1. The lowest BCUT2D eigenvalue weighted by Crippen LogP contribution is -2.38. The van der Waals surface area contributed by atoms with Crippen molar-refractivity contribution in [1.29, 1.82) is 0 Å². The molecule has 160 valence electrons. The van der Waals surface area contributed by atoms with Gasteiger partial charge in [-0.25, -0.2) is 9.69 Å². The van der Waals surface area contributed by atoms with E-state index in [2.05, 4.69) is 10.6 Å². The number of urea groups is 1. The molecule has 4 amide bonds. The van der Waals surface area contributed by atoms with Gasteiger partial charge in [-0.15, -0.1) is 0 Å². The number of hydrogen-bond donors (Lipinski definition) is 2. The molecule has 3 aromatic rings. The number of imide groups is 1. The van der Waals surface area contributed by atoms with Crippen molar-refractivity contribution in [2.75, 3.05) is 11.9 Å². The second-order valence-electron chi connectivity index (χ2n) is 7.25. The highest BCUT2D eigenvalue weighted by Crippen LogP contribution is 2.31. The van der Waals surface area contributed by atoms with E-state index in [1.54, 1.807) is 23.9 Å². The molecular weight excluding hydrogens is 422 g/mol. The van der Waals surface area contributed by atoms with Crippen molar-refractivity contribution in [3.63, 3.8) is 0 Å². The first-order valence-corrected chi connectivity index (χ1v) is 10.8. The Morgan fingerprint density at radius 2 is 1.75 bits per heavy atom. The molecule has 1 aliphatic heterocycles. The van der Waals surface area contributed by atoms with Crippen LogP contribution in [0, 0.1) is 6.92 Å². The van der Waals surface area contributed by atoms with Crippen molar-refractivity contribution < 1.29 is 14.4 Å². The van der Waals surface area contributed by atoms with Crippen LogP contribution in [-0.4, -0.2) is 29.3 Å². The van der Waals surface area contributed by atoms with Gasteiger partial charge in [-0.05, 0) is 54.5 Å². The first-order valence-electron chi connectivity index (χ1n) is 10.0.